The van der Waals surface area contributed by atoms with Crippen molar-refractivity contribution in [3.63, 3.8) is 0 Å². The number of amides is 3. The highest BCUT2D eigenvalue weighted by Gasteiger charge is 2.36. The van der Waals surface area contributed by atoms with Gasteiger partial charge in [-0.1, -0.05) is 32.0 Å². The number of hydrogen-bond donors (Lipinski definition) is 2. The van der Waals surface area contributed by atoms with E-state index in [0.717, 1.165) is 18.5 Å². The molecule has 0 saturated carbocycles. The first-order valence-electron chi connectivity index (χ1n) is 11.0. The SMILES string of the molecule is CC(C)CCNC(=O)c1ccccc1NC(=O)N1C[C@H]2C[C@@H](C1)c1cccc(=O)n1C2. The molecule has 0 spiro atoms. The Hall–Kier alpha value is -3.09. The summed E-state index contributed by atoms with van der Waals surface area (Å²) in [7, 11) is 0. The molecule has 0 radical (unpaired) electrons. The topological polar surface area (TPSA) is 83.4 Å². The lowest BCUT2D eigenvalue weighted by Crippen LogP contribution is -2.50. The average Bonchev–Trinajstić information content (AvgIpc) is 2.74. The standard InChI is InChI=1S/C24H30N4O3/c1-16(2)10-11-25-23(30)19-6-3-4-7-20(19)26-24(31)27-13-17-12-18(15-27)21-8-5-9-22(29)28(21)14-17/h3-9,16-18H,10-15H2,1-2H3,(H,25,30)(H,26,31)/t17-,18+/m1/s1. The molecule has 3 amide bonds. The number of fused-ring (bicyclic) bond motifs is 4. The number of pyridine rings is 1. The summed E-state index contributed by atoms with van der Waals surface area (Å²) in [6, 6.07) is 12.3. The predicted octanol–water partition coefficient (Wildman–Crippen LogP) is 3.28. The molecule has 164 valence electrons. The van der Waals surface area contributed by atoms with Crippen molar-refractivity contribution in [2.24, 2.45) is 11.8 Å². The molecule has 0 unspecified atom stereocenters. The average molecular weight is 423 g/mol. The van der Waals surface area contributed by atoms with Crippen LogP contribution in [0.5, 0.6) is 0 Å². The third-order valence-electron chi connectivity index (χ3n) is 6.19. The van der Waals surface area contributed by atoms with Gasteiger partial charge in [0.25, 0.3) is 11.5 Å². The zero-order chi connectivity index (χ0) is 22.0. The normalized spacial score (nSPS) is 19.6. The summed E-state index contributed by atoms with van der Waals surface area (Å²) in [6.45, 7) is 6.64. The van der Waals surface area contributed by atoms with Gasteiger partial charge < -0.3 is 20.1 Å². The maximum absolute atomic E-state index is 13.1. The Bertz CT molecular complexity index is 1030. The number of benzene rings is 1. The molecule has 31 heavy (non-hydrogen) atoms. The Morgan fingerprint density at radius 2 is 1.87 bits per heavy atom. The van der Waals surface area contributed by atoms with Crippen molar-refractivity contribution in [3.8, 4) is 0 Å². The molecule has 4 rings (SSSR count). The highest BCUT2D eigenvalue weighted by atomic mass is 16.2. The molecule has 7 nitrogen and oxygen atoms in total. The largest absolute Gasteiger partial charge is 0.352 e. The lowest BCUT2D eigenvalue weighted by Gasteiger charge is -2.42. The minimum absolute atomic E-state index is 0.0301. The fraction of sp³-hybridized carbons (Fsp3) is 0.458. The van der Waals surface area contributed by atoms with Crippen molar-refractivity contribution in [2.45, 2.75) is 39.2 Å². The molecule has 2 aliphatic rings. The Morgan fingerprint density at radius 3 is 2.68 bits per heavy atom. The van der Waals surface area contributed by atoms with E-state index in [1.807, 2.05) is 21.6 Å². The van der Waals surface area contributed by atoms with Gasteiger partial charge in [0, 0.05) is 43.9 Å². The zero-order valence-corrected chi connectivity index (χ0v) is 18.1. The number of aromatic nitrogens is 1. The lowest BCUT2D eigenvalue weighted by atomic mass is 9.83. The number of rotatable bonds is 5. The first-order chi connectivity index (χ1) is 14.9. The van der Waals surface area contributed by atoms with E-state index in [0.29, 0.717) is 43.3 Å². The van der Waals surface area contributed by atoms with Gasteiger partial charge in [0.15, 0.2) is 0 Å². The quantitative estimate of drug-likeness (QED) is 0.776. The van der Waals surface area contributed by atoms with Crippen LogP contribution in [0.1, 0.15) is 48.7 Å². The van der Waals surface area contributed by atoms with Gasteiger partial charge in [0.05, 0.1) is 11.3 Å². The van der Waals surface area contributed by atoms with Crippen LogP contribution >= 0.6 is 0 Å². The molecular weight excluding hydrogens is 392 g/mol. The third kappa shape index (κ3) is 4.65. The van der Waals surface area contributed by atoms with Crippen LogP contribution in [-0.4, -0.2) is 41.0 Å². The highest BCUT2D eigenvalue weighted by molar-refractivity contribution is 6.03. The molecule has 2 atom stereocenters. The van der Waals surface area contributed by atoms with Crippen molar-refractivity contribution in [2.75, 3.05) is 25.0 Å². The minimum atomic E-state index is -0.205. The molecule has 0 aliphatic carbocycles. The second kappa shape index (κ2) is 8.96. The molecule has 1 aromatic heterocycles. The Labute approximate surface area is 182 Å². The molecule has 1 fully saturated rings. The second-order valence-corrected chi connectivity index (χ2v) is 9.02. The maximum Gasteiger partial charge on any atom is 0.321 e. The van der Waals surface area contributed by atoms with Crippen LogP contribution in [0.15, 0.2) is 47.3 Å². The van der Waals surface area contributed by atoms with Crippen molar-refractivity contribution in [1.82, 2.24) is 14.8 Å². The van der Waals surface area contributed by atoms with Gasteiger partial charge in [-0.05, 0) is 42.9 Å². The number of urea groups is 1. The van der Waals surface area contributed by atoms with Crippen LogP contribution in [0.2, 0.25) is 0 Å². The van der Waals surface area contributed by atoms with Crippen LogP contribution in [-0.2, 0) is 6.54 Å². The van der Waals surface area contributed by atoms with Gasteiger partial charge in [-0.3, -0.25) is 9.59 Å². The van der Waals surface area contributed by atoms with Crippen molar-refractivity contribution < 1.29 is 9.59 Å². The van der Waals surface area contributed by atoms with Gasteiger partial charge in [-0.15, -0.1) is 0 Å². The van der Waals surface area contributed by atoms with Gasteiger partial charge in [-0.25, -0.2) is 4.79 Å². The van der Waals surface area contributed by atoms with Gasteiger partial charge in [0.1, 0.15) is 0 Å². The van der Waals surface area contributed by atoms with Crippen LogP contribution in [0.25, 0.3) is 0 Å². The number of likely N-dealkylation sites (tertiary alicyclic amines) is 1. The molecule has 2 bridgehead atoms. The van der Waals surface area contributed by atoms with E-state index in [2.05, 4.69) is 24.5 Å². The monoisotopic (exact) mass is 422 g/mol. The molecule has 2 aromatic rings. The zero-order valence-electron chi connectivity index (χ0n) is 18.1. The summed E-state index contributed by atoms with van der Waals surface area (Å²) in [5, 5.41) is 5.88. The Kier molecular flexibility index (Phi) is 6.11. The number of carbonyl (C=O) groups is 2. The summed E-state index contributed by atoms with van der Waals surface area (Å²) in [5.41, 5.74) is 2.02. The molecule has 2 aliphatic heterocycles. The molecule has 1 aromatic carbocycles. The van der Waals surface area contributed by atoms with E-state index in [9.17, 15) is 14.4 Å². The van der Waals surface area contributed by atoms with Gasteiger partial charge >= 0.3 is 6.03 Å². The van der Waals surface area contributed by atoms with E-state index in [-0.39, 0.29) is 29.3 Å². The van der Waals surface area contributed by atoms with E-state index >= 15 is 0 Å². The lowest BCUT2D eigenvalue weighted by molar-refractivity contribution is 0.0953. The summed E-state index contributed by atoms with van der Waals surface area (Å²) in [4.78, 5) is 39.7. The second-order valence-electron chi connectivity index (χ2n) is 9.02. The highest BCUT2D eigenvalue weighted by Crippen LogP contribution is 2.35. The van der Waals surface area contributed by atoms with Crippen LogP contribution in [0.4, 0.5) is 10.5 Å². The minimum Gasteiger partial charge on any atom is -0.352 e. The number of hydrogen-bond acceptors (Lipinski definition) is 3. The van der Waals surface area contributed by atoms with E-state index < -0.39 is 0 Å². The van der Waals surface area contributed by atoms with Gasteiger partial charge in [-0.2, -0.15) is 0 Å². The fourth-order valence-corrected chi connectivity index (χ4v) is 4.62. The number of para-hydroxylation sites is 1. The fourth-order valence-electron chi connectivity index (χ4n) is 4.62. The number of carbonyl (C=O) groups excluding carboxylic acids is 2. The van der Waals surface area contributed by atoms with Crippen molar-refractivity contribution in [3.05, 3.63) is 64.1 Å². The Morgan fingerprint density at radius 1 is 1.06 bits per heavy atom. The summed E-state index contributed by atoms with van der Waals surface area (Å²) < 4.78 is 1.85. The first-order valence-corrected chi connectivity index (χ1v) is 11.0. The van der Waals surface area contributed by atoms with E-state index in [1.54, 1.807) is 30.3 Å². The van der Waals surface area contributed by atoms with Crippen molar-refractivity contribution >= 4 is 17.6 Å². The number of piperidine rings is 1. The molecule has 1 saturated heterocycles. The number of nitrogens with one attached hydrogen (secondary N) is 2. The van der Waals surface area contributed by atoms with E-state index in [1.165, 1.54) is 0 Å². The van der Waals surface area contributed by atoms with Crippen LogP contribution < -0.4 is 16.2 Å². The molecule has 3 heterocycles. The van der Waals surface area contributed by atoms with Crippen LogP contribution in [0, 0.1) is 11.8 Å². The Balaban J connectivity index is 1.45. The molecule has 2 N–H and O–H groups in total. The summed E-state index contributed by atoms with van der Waals surface area (Å²) in [5.74, 6) is 0.739. The van der Waals surface area contributed by atoms with Gasteiger partial charge in [0.2, 0.25) is 0 Å². The van der Waals surface area contributed by atoms with Crippen LogP contribution in [0.3, 0.4) is 0 Å². The molecule has 7 heteroatoms. The predicted molar refractivity (Wildman–Crippen MR) is 120 cm³/mol. The number of nitrogens with zero attached hydrogens (tertiary/aromatic N) is 2. The first kappa shape index (κ1) is 21.2. The summed E-state index contributed by atoms with van der Waals surface area (Å²) in [6.07, 6.45) is 1.89. The number of anilines is 1. The summed E-state index contributed by atoms with van der Waals surface area (Å²) >= 11 is 0. The van der Waals surface area contributed by atoms with Crippen molar-refractivity contribution in [1.29, 1.82) is 0 Å². The van der Waals surface area contributed by atoms with E-state index in [4.69, 9.17) is 0 Å². The smallest absolute Gasteiger partial charge is 0.321 e. The third-order valence-corrected chi connectivity index (χ3v) is 6.19. The maximum atomic E-state index is 13.1. The molecular formula is C24H30N4O3.